The highest BCUT2D eigenvalue weighted by atomic mass is 31.1. The van der Waals surface area contributed by atoms with Crippen molar-refractivity contribution in [1.82, 2.24) is 5.06 Å². The van der Waals surface area contributed by atoms with Crippen LogP contribution < -0.4 is 0 Å². The highest BCUT2D eigenvalue weighted by molar-refractivity contribution is 7.37. The third kappa shape index (κ3) is 4.88. The molecule has 1 atom stereocenters. The average Bonchev–Trinajstić information content (AvgIpc) is 2.49. The molecule has 1 N–H and O–H groups in total. The van der Waals surface area contributed by atoms with Crippen molar-refractivity contribution in [2.24, 2.45) is 0 Å². The first kappa shape index (κ1) is 16.6. The van der Waals surface area contributed by atoms with Gasteiger partial charge in [0.2, 0.25) is 5.91 Å². The van der Waals surface area contributed by atoms with Gasteiger partial charge >= 0.3 is 8.03 Å². The number of nitrogens with zero attached hydrogens (tertiary/aromatic N) is 1. The lowest BCUT2D eigenvalue weighted by Gasteiger charge is -2.19. The Kier molecular flexibility index (Phi) is 6.01. The van der Waals surface area contributed by atoms with Gasteiger partial charge in [-0.05, 0) is 27.0 Å². The normalized spacial score (nSPS) is 11.5. The zero-order chi connectivity index (χ0) is 15.9. The maximum absolute atomic E-state index is 11.5. The van der Waals surface area contributed by atoms with Gasteiger partial charge in [0.25, 0.3) is 0 Å². The number of amides is 1. The molecule has 0 saturated carbocycles. The van der Waals surface area contributed by atoms with Crippen LogP contribution in [0.4, 0.5) is 0 Å². The number of fused-ring (bicyclic) bond motifs is 1. The summed E-state index contributed by atoms with van der Waals surface area (Å²) in [6.07, 6.45) is 0.599. The Morgan fingerprint density at radius 3 is 2.64 bits per heavy atom. The van der Waals surface area contributed by atoms with Gasteiger partial charge in [-0.1, -0.05) is 36.4 Å². The van der Waals surface area contributed by atoms with Gasteiger partial charge < -0.3 is 0 Å². The third-order valence-corrected chi connectivity index (χ3v) is 3.96. The van der Waals surface area contributed by atoms with Gasteiger partial charge in [-0.25, -0.2) is 5.06 Å². The Bertz CT molecular complexity index is 674. The topological polar surface area (TPSA) is 66.8 Å². The Labute approximate surface area is 130 Å². The highest BCUT2D eigenvalue weighted by Crippen LogP contribution is 2.17. The van der Waals surface area contributed by atoms with Crippen molar-refractivity contribution in [1.29, 1.82) is 0 Å². The zero-order valence-electron chi connectivity index (χ0n) is 12.4. The summed E-state index contributed by atoms with van der Waals surface area (Å²) in [5.74, 6) is -0.214. The Balaban J connectivity index is 1.95. The summed E-state index contributed by atoms with van der Waals surface area (Å²) in [6.45, 7) is 2.01. The summed E-state index contributed by atoms with van der Waals surface area (Å²) < 4.78 is 10.7. The van der Waals surface area contributed by atoms with Crippen LogP contribution in [-0.2, 0) is 20.8 Å². The molecule has 0 spiro atoms. The van der Waals surface area contributed by atoms with E-state index in [4.69, 9.17) is 9.73 Å². The first-order valence-electron chi connectivity index (χ1n) is 7.08. The predicted octanol–water partition coefficient (Wildman–Crippen LogP) is 3.24. The fourth-order valence-electron chi connectivity index (χ4n) is 2.14. The molecule has 0 saturated heterocycles. The first-order valence-corrected chi connectivity index (χ1v) is 8.48. The van der Waals surface area contributed by atoms with Crippen molar-refractivity contribution in [2.45, 2.75) is 20.0 Å². The monoisotopic (exact) mass is 320 g/mol. The molecule has 2 aromatic carbocycles. The van der Waals surface area contributed by atoms with Gasteiger partial charge in [-0.2, -0.15) is 4.89 Å². The van der Waals surface area contributed by atoms with Crippen molar-refractivity contribution in [3.63, 3.8) is 0 Å². The minimum Gasteiger partial charge on any atom is -0.273 e. The second-order valence-electron chi connectivity index (χ2n) is 5.01. The van der Waals surface area contributed by atoms with Crippen LogP contribution >= 0.6 is 8.03 Å². The van der Waals surface area contributed by atoms with Crippen molar-refractivity contribution in [2.75, 3.05) is 12.7 Å². The molecular weight excluding hydrogens is 301 g/mol. The van der Waals surface area contributed by atoms with Crippen LogP contribution in [0, 0.1) is 0 Å². The van der Waals surface area contributed by atoms with E-state index < -0.39 is 8.03 Å². The Morgan fingerprint density at radius 1 is 1.23 bits per heavy atom. The maximum Gasteiger partial charge on any atom is 0.505 e. The summed E-state index contributed by atoms with van der Waals surface area (Å²) in [6, 6.07) is 14.0. The molecule has 1 amide bonds. The zero-order valence-corrected chi connectivity index (χ0v) is 13.3. The summed E-state index contributed by atoms with van der Waals surface area (Å²) >= 11 is 0. The van der Waals surface area contributed by atoms with Gasteiger partial charge in [0.1, 0.15) is 6.61 Å². The number of carbonyl (C=O) groups excluding carboxylic acids is 1. The van der Waals surface area contributed by atoms with Gasteiger partial charge in [0.15, 0.2) is 6.16 Å². The van der Waals surface area contributed by atoms with E-state index >= 15 is 0 Å². The third-order valence-electron chi connectivity index (χ3n) is 3.26. The lowest BCUT2D eigenvalue weighted by Crippen LogP contribution is -2.30. The molecule has 116 valence electrons. The van der Waals surface area contributed by atoms with Gasteiger partial charge in [0.05, 0.1) is 6.54 Å². The van der Waals surface area contributed by atoms with Crippen LogP contribution in [0.3, 0.4) is 0 Å². The second-order valence-corrected chi connectivity index (χ2v) is 6.16. The van der Waals surface area contributed by atoms with E-state index in [0.29, 0.717) is 13.0 Å². The lowest BCUT2D eigenvalue weighted by atomic mass is 10.1. The molecule has 5 nitrogen and oxygen atoms in total. The molecule has 0 aliphatic heterocycles. The number of hydrogen-bond acceptors (Lipinski definition) is 3. The Morgan fingerprint density at radius 2 is 1.95 bits per heavy atom. The van der Waals surface area contributed by atoms with E-state index in [1.54, 1.807) is 0 Å². The molecule has 0 fully saturated rings. The van der Waals surface area contributed by atoms with Crippen LogP contribution in [0.1, 0.15) is 18.9 Å². The second kappa shape index (κ2) is 7.99. The number of hydroxylamine groups is 2. The van der Waals surface area contributed by atoms with Crippen molar-refractivity contribution < 1.29 is 19.1 Å². The predicted molar refractivity (Wildman–Crippen MR) is 85.4 cm³/mol. The fraction of sp³-hybridized carbons (Fsp3) is 0.312. The van der Waals surface area contributed by atoms with Crippen LogP contribution in [0.2, 0.25) is 0 Å². The maximum atomic E-state index is 11.5. The van der Waals surface area contributed by atoms with E-state index in [-0.39, 0.29) is 18.7 Å². The molecule has 0 aliphatic rings. The molecule has 6 heteroatoms. The molecule has 2 aromatic rings. The number of benzene rings is 2. The van der Waals surface area contributed by atoms with Crippen LogP contribution in [0.5, 0.6) is 0 Å². The molecule has 0 aromatic heterocycles. The quantitative estimate of drug-likeness (QED) is 0.628. The van der Waals surface area contributed by atoms with Gasteiger partial charge in [-0.15, -0.1) is 0 Å². The molecule has 0 bridgehead atoms. The highest BCUT2D eigenvalue weighted by Gasteiger charge is 2.14. The summed E-state index contributed by atoms with van der Waals surface area (Å²) in [5, 5.41) is 3.52. The van der Waals surface area contributed by atoms with Crippen molar-refractivity contribution in [3.8, 4) is 0 Å². The van der Waals surface area contributed by atoms with Gasteiger partial charge in [0, 0.05) is 13.3 Å². The minimum absolute atomic E-state index is 0.165. The molecule has 0 radical (unpaired) electrons. The molecule has 0 aliphatic carbocycles. The first-order chi connectivity index (χ1) is 10.6. The van der Waals surface area contributed by atoms with Crippen LogP contribution in [0.15, 0.2) is 42.5 Å². The molecule has 2 rings (SSSR count). The summed E-state index contributed by atoms with van der Waals surface area (Å²) in [5.41, 5.74) is 0.971. The molecule has 1 unspecified atom stereocenters. The van der Waals surface area contributed by atoms with E-state index in [9.17, 15) is 9.36 Å². The molecular formula is C16H19NO4P+. The molecule has 0 heterocycles. The van der Waals surface area contributed by atoms with E-state index in [0.717, 1.165) is 16.3 Å². The fourth-order valence-corrected chi connectivity index (χ4v) is 2.56. The molecule has 22 heavy (non-hydrogen) atoms. The number of hydrogen-bond donors (Lipinski definition) is 1. The minimum atomic E-state index is -2.17. The van der Waals surface area contributed by atoms with E-state index in [1.165, 1.54) is 12.0 Å². The van der Waals surface area contributed by atoms with E-state index in [2.05, 4.69) is 0 Å². The average molecular weight is 320 g/mol. The summed E-state index contributed by atoms with van der Waals surface area (Å²) in [7, 11) is -2.17. The number of rotatable bonds is 7. The Hall–Kier alpha value is -1.81. The van der Waals surface area contributed by atoms with Crippen LogP contribution in [0.25, 0.3) is 10.8 Å². The van der Waals surface area contributed by atoms with Crippen molar-refractivity contribution >= 4 is 24.7 Å². The number of carbonyl (C=O) groups is 1. The van der Waals surface area contributed by atoms with Crippen LogP contribution in [-0.4, -0.2) is 28.6 Å². The SMILES string of the molecule is CC(=O)N(CCC[P+](=O)O)OCc1ccc2ccccc2c1. The lowest BCUT2D eigenvalue weighted by molar-refractivity contribution is -0.189. The van der Waals surface area contributed by atoms with Gasteiger partial charge in [-0.3, -0.25) is 9.63 Å². The van der Waals surface area contributed by atoms with E-state index in [1.807, 2.05) is 42.5 Å². The largest absolute Gasteiger partial charge is 0.505 e. The standard InChI is InChI=1S/C16H18NO4P/c1-13(18)17(9-4-10-22(19)20)21-12-14-7-8-15-5-2-3-6-16(15)11-14/h2-3,5-8,11H,4,9-10,12H2,1H3/p+1. The smallest absolute Gasteiger partial charge is 0.273 e. The summed E-state index contributed by atoms with van der Waals surface area (Å²) in [4.78, 5) is 25.8. The van der Waals surface area contributed by atoms with Crippen molar-refractivity contribution in [3.05, 3.63) is 48.0 Å².